The molecule has 0 saturated heterocycles. The average Bonchev–Trinajstić information content (AvgIpc) is 3.56. The van der Waals surface area contributed by atoms with E-state index < -0.39 is 0 Å². The fraction of sp³-hybridized carbons (Fsp3) is 0.125. The first-order valence-corrected chi connectivity index (χ1v) is 14.4. The van der Waals surface area contributed by atoms with Crippen molar-refractivity contribution in [1.82, 2.24) is 4.57 Å². The largest absolute Gasteiger partial charge is 0.497 e. The zero-order valence-corrected chi connectivity index (χ0v) is 23.7. The Hall–Kier alpha value is -3.84. The van der Waals surface area contributed by atoms with E-state index in [9.17, 15) is 4.79 Å². The second kappa shape index (κ2) is 9.97. The predicted octanol–water partition coefficient (Wildman–Crippen LogP) is 6.89. The van der Waals surface area contributed by atoms with Gasteiger partial charge < -0.3 is 9.15 Å². The first kappa shape index (κ1) is 25.1. The lowest BCUT2D eigenvalue weighted by molar-refractivity contribution is 0.413. The van der Waals surface area contributed by atoms with Crippen LogP contribution in [0.4, 0.5) is 0 Å². The van der Waals surface area contributed by atoms with Gasteiger partial charge >= 0.3 is 0 Å². The molecule has 40 heavy (non-hydrogen) atoms. The van der Waals surface area contributed by atoms with Gasteiger partial charge in [-0.25, -0.2) is 4.99 Å². The molecule has 5 aromatic rings. The standard InChI is InChI=1S/C32H22Cl2N2O3S/c1-38-21-7-4-6-19(15-21)30-25-12-9-18-5-2-3-8-23(18)29(25)35-32-36(30)31(37)28(40-32)17-22-11-14-27(39-22)24-13-10-20(33)16-26(24)34/h2-8,10-11,13-17,30H,9,12H2,1H3/b28-17+/t30-/m0/s1. The molecule has 0 spiro atoms. The summed E-state index contributed by atoms with van der Waals surface area (Å²) in [5.41, 5.74) is 6.12. The third kappa shape index (κ3) is 4.24. The molecule has 0 radical (unpaired) electrons. The smallest absolute Gasteiger partial charge is 0.271 e. The number of methoxy groups -OCH3 is 1. The molecule has 2 aliphatic rings. The Morgan fingerprint density at radius 1 is 1.00 bits per heavy atom. The molecular weight excluding hydrogens is 563 g/mol. The number of allylic oxidation sites excluding steroid dienone is 1. The maximum absolute atomic E-state index is 14.0. The SMILES string of the molecule is COc1cccc([C@H]2C3=C(N=c4s/c(=C/c5ccc(-c6ccc(Cl)cc6Cl)o5)c(=O)n42)c2ccccc2CC3)c1. The number of nitrogens with zero attached hydrogens (tertiary/aromatic N) is 2. The summed E-state index contributed by atoms with van der Waals surface area (Å²) in [4.78, 5) is 19.7. The number of hydrogen-bond donors (Lipinski definition) is 0. The predicted molar refractivity (Wildman–Crippen MR) is 160 cm³/mol. The molecule has 7 rings (SSSR count). The summed E-state index contributed by atoms with van der Waals surface area (Å²) in [6.07, 6.45) is 3.50. The number of aryl methyl sites for hydroxylation is 1. The van der Waals surface area contributed by atoms with Crippen LogP contribution in [0.5, 0.6) is 5.75 Å². The maximum Gasteiger partial charge on any atom is 0.271 e. The highest BCUT2D eigenvalue weighted by Gasteiger charge is 2.32. The van der Waals surface area contributed by atoms with E-state index in [0.29, 0.717) is 30.9 Å². The Labute approximate surface area is 243 Å². The molecule has 1 atom stereocenters. The van der Waals surface area contributed by atoms with Crippen molar-refractivity contribution in [3.63, 3.8) is 0 Å². The van der Waals surface area contributed by atoms with Gasteiger partial charge in [0.1, 0.15) is 17.3 Å². The van der Waals surface area contributed by atoms with E-state index in [2.05, 4.69) is 24.3 Å². The van der Waals surface area contributed by atoms with Gasteiger partial charge in [0.15, 0.2) is 4.80 Å². The van der Waals surface area contributed by atoms with Crippen molar-refractivity contribution < 1.29 is 9.15 Å². The summed E-state index contributed by atoms with van der Waals surface area (Å²) in [7, 11) is 1.65. The lowest BCUT2D eigenvalue weighted by Gasteiger charge is -2.31. The van der Waals surface area contributed by atoms with Crippen molar-refractivity contribution in [3.05, 3.63) is 137 Å². The quantitative estimate of drug-likeness (QED) is 0.231. The van der Waals surface area contributed by atoms with E-state index in [-0.39, 0.29) is 11.6 Å². The summed E-state index contributed by atoms with van der Waals surface area (Å²) < 4.78 is 14.0. The van der Waals surface area contributed by atoms with Crippen LogP contribution in [0.1, 0.15) is 34.9 Å². The van der Waals surface area contributed by atoms with Gasteiger partial charge in [-0.2, -0.15) is 0 Å². The summed E-state index contributed by atoms with van der Waals surface area (Å²) in [6.45, 7) is 0. The molecule has 0 amide bonds. The molecule has 0 saturated carbocycles. The van der Waals surface area contributed by atoms with Crippen LogP contribution in [0.25, 0.3) is 23.1 Å². The fourth-order valence-corrected chi connectivity index (χ4v) is 7.01. The van der Waals surface area contributed by atoms with Crippen LogP contribution in [-0.4, -0.2) is 11.7 Å². The number of benzene rings is 3. The Balaban J connectivity index is 1.40. The molecule has 0 bridgehead atoms. The Morgan fingerprint density at radius 3 is 2.73 bits per heavy atom. The van der Waals surface area contributed by atoms with E-state index >= 15 is 0 Å². The van der Waals surface area contributed by atoms with Gasteiger partial charge in [-0.3, -0.25) is 9.36 Å². The van der Waals surface area contributed by atoms with Gasteiger partial charge in [0, 0.05) is 22.2 Å². The van der Waals surface area contributed by atoms with Crippen LogP contribution >= 0.6 is 34.5 Å². The molecular formula is C32H22Cl2N2O3S. The van der Waals surface area contributed by atoms with Crippen LogP contribution in [0.3, 0.4) is 0 Å². The second-order valence-electron chi connectivity index (χ2n) is 9.72. The third-order valence-electron chi connectivity index (χ3n) is 7.38. The van der Waals surface area contributed by atoms with E-state index in [1.807, 2.05) is 47.0 Å². The number of ether oxygens (including phenoxy) is 1. The number of furan rings is 1. The monoisotopic (exact) mass is 584 g/mol. The average molecular weight is 586 g/mol. The second-order valence-corrected chi connectivity index (χ2v) is 11.6. The first-order valence-electron chi connectivity index (χ1n) is 12.8. The lowest BCUT2D eigenvalue weighted by atomic mass is 9.83. The number of hydrogen-bond acceptors (Lipinski definition) is 5. The minimum absolute atomic E-state index is 0.107. The van der Waals surface area contributed by atoms with Crippen molar-refractivity contribution >= 4 is 46.3 Å². The summed E-state index contributed by atoms with van der Waals surface area (Å²) in [5.74, 6) is 1.90. The number of fused-ring (bicyclic) bond motifs is 3. The van der Waals surface area contributed by atoms with Crippen LogP contribution in [0, 0.1) is 0 Å². The van der Waals surface area contributed by atoms with Gasteiger partial charge in [-0.1, -0.05) is 70.9 Å². The molecule has 2 aromatic heterocycles. The Kier molecular flexibility index (Phi) is 6.27. The highest BCUT2D eigenvalue weighted by atomic mass is 35.5. The molecule has 0 fully saturated rings. The number of aromatic nitrogens is 1. The zero-order valence-electron chi connectivity index (χ0n) is 21.4. The molecule has 0 unspecified atom stereocenters. The zero-order chi connectivity index (χ0) is 27.4. The normalized spacial score (nSPS) is 16.3. The van der Waals surface area contributed by atoms with Crippen molar-refractivity contribution in [2.75, 3.05) is 7.11 Å². The highest BCUT2D eigenvalue weighted by Crippen LogP contribution is 2.41. The topological polar surface area (TPSA) is 56.7 Å². The molecule has 8 heteroatoms. The molecule has 1 aliphatic carbocycles. The Bertz CT molecular complexity index is 2020. The molecule has 1 aliphatic heterocycles. The Morgan fingerprint density at radius 2 is 1.88 bits per heavy atom. The van der Waals surface area contributed by atoms with Crippen molar-refractivity contribution in [2.24, 2.45) is 4.99 Å². The van der Waals surface area contributed by atoms with E-state index in [1.165, 1.54) is 16.9 Å². The van der Waals surface area contributed by atoms with E-state index in [4.69, 9.17) is 37.3 Å². The van der Waals surface area contributed by atoms with E-state index in [0.717, 1.165) is 46.6 Å². The summed E-state index contributed by atoms with van der Waals surface area (Å²) in [5, 5.41) is 1.05. The van der Waals surface area contributed by atoms with Gasteiger partial charge in [0.25, 0.3) is 5.56 Å². The third-order valence-corrected chi connectivity index (χ3v) is 8.91. The number of rotatable bonds is 4. The number of thiazole rings is 1. The molecule has 0 N–H and O–H groups in total. The van der Waals surface area contributed by atoms with Crippen LogP contribution in [0.2, 0.25) is 10.0 Å². The van der Waals surface area contributed by atoms with Gasteiger partial charge in [-0.05, 0) is 72.0 Å². The molecule has 3 aromatic carbocycles. The van der Waals surface area contributed by atoms with Crippen molar-refractivity contribution in [3.8, 4) is 17.1 Å². The first-order chi connectivity index (χ1) is 19.5. The molecule has 5 nitrogen and oxygen atoms in total. The fourth-order valence-electron chi connectivity index (χ4n) is 5.53. The number of halogens is 2. The molecule has 198 valence electrons. The van der Waals surface area contributed by atoms with Crippen LogP contribution in [0.15, 0.2) is 98.6 Å². The van der Waals surface area contributed by atoms with Gasteiger partial charge in [0.05, 0.1) is 28.4 Å². The summed E-state index contributed by atoms with van der Waals surface area (Å²) >= 11 is 13.8. The highest BCUT2D eigenvalue weighted by molar-refractivity contribution is 7.07. The van der Waals surface area contributed by atoms with Crippen LogP contribution < -0.4 is 19.6 Å². The lowest BCUT2D eigenvalue weighted by Crippen LogP contribution is -2.38. The minimum atomic E-state index is -0.281. The van der Waals surface area contributed by atoms with Crippen molar-refractivity contribution in [1.29, 1.82) is 0 Å². The van der Waals surface area contributed by atoms with Crippen molar-refractivity contribution in [2.45, 2.75) is 18.9 Å². The maximum atomic E-state index is 14.0. The van der Waals surface area contributed by atoms with E-state index in [1.54, 1.807) is 25.3 Å². The van der Waals surface area contributed by atoms with Gasteiger partial charge in [-0.15, -0.1) is 0 Å². The minimum Gasteiger partial charge on any atom is -0.497 e. The van der Waals surface area contributed by atoms with Gasteiger partial charge in [0.2, 0.25) is 0 Å². The summed E-state index contributed by atoms with van der Waals surface area (Å²) in [6, 6.07) is 25.0. The van der Waals surface area contributed by atoms with Crippen LogP contribution in [-0.2, 0) is 6.42 Å². The molecule has 3 heterocycles.